The molecule has 1 aliphatic heterocycles. The maximum atomic E-state index is 12.4. The molecule has 1 aliphatic rings. The molecule has 27 heavy (non-hydrogen) atoms. The second-order valence-electron chi connectivity index (χ2n) is 6.66. The van der Waals surface area contributed by atoms with Crippen LogP contribution in [0.4, 0.5) is 5.69 Å². The van der Waals surface area contributed by atoms with Crippen molar-refractivity contribution in [2.24, 2.45) is 5.14 Å². The number of carbonyl (C=O) groups is 1. The van der Waals surface area contributed by atoms with Crippen molar-refractivity contribution in [2.75, 3.05) is 25.0 Å². The first-order valence-electron chi connectivity index (χ1n) is 8.67. The van der Waals surface area contributed by atoms with Crippen molar-refractivity contribution in [3.05, 3.63) is 60.2 Å². The largest absolute Gasteiger partial charge is 0.368 e. The van der Waals surface area contributed by atoms with Crippen molar-refractivity contribution in [1.82, 2.24) is 4.90 Å². The van der Waals surface area contributed by atoms with E-state index in [2.05, 4.69) is 5.32 Å². The highest BCUT2D eigenvalue weighted by Gasteiger charge is 2.27. The predicted molar refractivity (Wildman–Crippen MR) is 103 cm³/mol. The van der Waals surface area contributed by atoms with E-state index >= 15 is 0 Å². The molecular weight excluding hydrogens is 366 g/mol. The molecule has 0 spiro atoms. The Bertz CT molecular complexity index is 902. The summed E-state index contributed by atoms with van der Waals surface area (Å²) in [6.45, 7) is 3.43. The summed E-state index contributed by atoms with van der Waals surface area (Å²) in [5, 5.41) is 7.86. The smallest absolute Gasteiger partial charge is 0.238 e. The zero-order valence-corrected chi connectivity index (χ0v) is 15.9. The van der Waals surface area contributed by atoms with Gasteiger partial charge in [-0.05, 0) is 30.7 Å². The van der Waals surface area contributed by atoms with Crippen LogP contribution in [0.5, 0.6) is 0 Å². The van der Waals surface area contributed by atoms with Crippen molar-refractivity contribution in [2.45, 2.75) is 24.0 Å². The number of rotatable bonds is 5. The second kappa shape index (κ2) is 8.18. The zero-order chi connectivity index (χ0) is 19.4. The van der Waals surface area contributed by atoms with E-state index in [0.29, 0.717) is 18.8 Å². The van der Waals surface area contributed by atoms with Crippen molar-refractivity contribution < 1.29 is 17.9 Å². The number of primary sulfonamides is 1. The molecule has 1 heterocycles. The first-order chi connectivity index (χ1) is 12.8. The molecule has 7 nitrogen and oxygen atoms in total. The number of carbonyl (C=O) groups excluding carboxylic acids is 1. The second-order valence-corrected chi connectivity index (χ2v) is 8.22. The summed E-state index contributed by atoms with van der Waals surface area (Å²) < 4.78 is 28.9. The van der Waals surface area contributed by atoms with E-state index in [4.69, 9.17) is 9.88 Å². The lowest BCUT2D eigenvalue weighted by Crippen LogP contribution is -2.46. The van der Waals surface area contributed by atoms with Gasteiger partial charge in [-0.1, -0.05) is 36.4 Å². The molecule has 8 heteroatoms. The third-order valence-electron chi connectivity index (χ3n) is 4.32. The van der Waals surface area contributed by atoms with Crippen LogP contribution in [0.2, 0.25) is 0 Å². The van der Waals surface area contributed by atoms with E-state index in [1.165, 1.54) is 18.2 Å². The van der Waals surface area contributed by atoms with Gasteiger partial charge in [-0.15, -0.1) is 0 Å². The van der Waals surface area contributed by atoms with Gasteiger partial charge in [0.1, 0.15) is 0 Å². The van der Waals surface area contributed by atoms with E-state index in [9.17, 15) is 13.2 Å². The Balaban J connectivity index is 1.63. The van der Waals surface area contributed by atoms with Crippen LogP contribution in [0.1, 0.15) is 18.6 Å². The van der Waals surface area contributed by atoms with Gasteiger partial charge in [0.2, 0.25) is 15.9 Å². The highest BCUT2D eigenvalue weighted by atomic mass is 32.2. The van der Waals surface area contributed by atoms with Crippen LogP contribution >= 0.6 is 0 Å². The van der Waals surface area contributed by atoms with Crippen LogP contribution in [0.25, 0.3) is 0 Å². The van der Waals surface area contributed by atoms with E-state index in [1.807, 2.05) is 42.2 Å². The van der Waals surface area contributed by atoms with Crippen molar-refractivity contribution in [3.63, 3.8) is 0 Å². The molecule has 1 saturated heterocycles. The van der Waals surface area contributed by atoms with Gasteiger partial charge in [0.15, 0.2) is 0 Å². The molecule has 2 unspecified atom stereocenters. The lowest BCUT2D eigenvalue weighted by Gasteiger charge is -2.36. The van der Waals surface area contributed by atoms with Crippen LogP contribution in [-0.2, 0) is 19.6 Å². The van der Waals surface area contributed by atoms with E-state index < -0.39 is 10.0 Å². The van der Waals surface area contributed by atoms with E-state index in [1.54, 1.807) is 6.07 Å². The van der Waals surface area contributed by atoms with Crippen LogP contribution in [-0.4, -0.2) is 45.0 Å². The highest BCUT2D eigenvalue weighted by molar-refractivity contribution is 7.89. The summed E-state index contributed by atoms with van der Waals surface area (Å²) in [7, 11) is -3.81. The molecule has 0 saturated carbocycles. The molecule has 0 radical (unpaired) electrons. The molecule has 0 bridgehead atoms. The number of hydrogen-bond acceptors (Lipinski definition) is 5. The maximum Gasteiger partial charge on any atom is 0.238 e. The van der Waals surface area contributed by atoms with Crippen molar-refractivity contribution >= 4 is 21.6 Å². The van der Waals surface area contributed by atoms with Crippen LogP contribution in [0, 0.1) is 0 Å². The van der Waals surface area contributed by atoms with Gasteiger partial charge in [-0.3, -0.25) is 9.69 Å². The summed E-state index contributed by atoms with van der Waals surface area (Å²) in [6.07, 6.45) is -0.0871. The van der Waals surface area contributed by atoms with Crippen LogP contribution in [0.3, 0.4) is 0 Å². The first-order valence-corrected chi connectivity index (χ1v) is 10.2. The molecule has 3 rings (SSSR count). The molecule has 144 valence electrons. The number of anilines is 1. The van der Waals surface area contributed by atoms with Gasteiger partial charge >= 0.3 is 0 Å². The molecule has 2 aromatic carbocycles. The van der Waals surface area contributed by atoms with E-state index in [-0.39, 0.29) is 29.6 Å². The minimum atomic E-state index is -3.81. The Kier molecular flexibility index (Phi) is 5.91. The normalized spacial score (nSPS) is 21.0. The number of hydrogen-bond donors (Lipinski definition) is 2. The Morgan fingerprint density at radius 3 is 2.63 bits per heavy atom. The molecular formula is C19H23N3O4S. The Morgan fingerprint density at radius 2 is 1.93 bits per heavy atom. The number of benzene rings is 2. The monoisotopic (exact) mass is 389 g/mol. The van der Waals surface area contributed by atoms with Gasteiger partial charge in [0, 0.05) is 18.8 Å². The highest BCUT2D eigenvalue weighted by Crippen LogP contribution is 2.25. The number of nitrogens with two attached hydrogens (primary N) is 1. The van der Waals surface area contributed by atoms with Gasteiger partial charge in [-0.25, -0.2) is 13.6 Å². The molecule has 1 amide bonds. The molecule has 0 aromatic heterocycles. The third-order valence-corrected chi connectivity index (χ3v) is 5.23. The maximum absolute atomic E-state index is 12.4. The number of ether oxygens (including phenoxy) is 1. The molecule has 2 atom stereocenters. The average Bonchev–Trinajstić information content (AvgIpc) is 2.61. The van der Waals surface area contributed by atoms with Crippen molar-refractivity contribution in [1.29, 1.82) is 0 Å². The Morgan fingerprint density at radius 1 is 1.19 bits per heavy atom. The quantitative estimate of drug-likeness (QED) is 0.811. The van der Waals surface area contributed by atoms with Gasteiger partial charge in [0.25, 0.3) is 0 Å². The number of nitrogens with zero attached hydrogens (tertiary/aromatic N) is 1. The SMILES string of the molecule is CC1CN(CC(=O)Nc2cccc(S(N)(=O)=O)c2)CC(c2ccccc2)O1. The number of nitrogens with one attached hydrogen (secondary N) is 1. The minimum absolute atomic E-state index is 0.00228. The summed E-state index contributed by atoms with van der Waals surface area (Å²) in [6, 6.07) is 15.8. The topological polar surface area (TPSA) is 102 Å². The number of morpholine rings is 1. The third kappa shape index (κ3) is 5.36. The minimum Gasteiger partial charge on any atom is -0.368 e. The Hall–Kier alpha value is -2.26. The standard InChI is InChI=1S/C19H23N3O4S/c1-14-11-22(12-18(26-14)15-6-3-2-4-7-15)13-19(23)21-16-8-5-9-17(10-16)27(20,24)25/h2-10,14,18H,11-13H2,1H3,(H,21,23)(H2,20,24,25). The summed E-state index contributed by atoms with van der Waals surface area (Å²) >= 11 is 0. The van der Waals surface area contributed by atoms with E-state index in [0.717, 1.165) is 5.56 Å². The predicted octanol–water partition coefficient (Wildman–Crippen LogP) is 1.73. The van der Waals surface area contributed by atoms with Gasteiger partial charge < -0.3 is 10.1 Å². The molecule has 1 fully saturated rings. The lowest BCUT2D eigenvalue weighted by atomic mass is 10.1. The fraction of sp³-hybridized carbons (Fsp3) is 0.316. The van der Waals surface area contributed by atoms with Gasteiger partial charge in [0.05, 0.1) is 23.6 Å². The van der Waals surface area contributed by atoms with Gasteiger partial charge in [-0.2, -0.15) is 0 Å². The molecule has 3 N–H and O–H groups in total. The average molecular weight is 389 g/mol. The summed E-state index contributed by atoms with van der Waals surface area (Å²) in [5.41, 5.74) is 1.47. The first kappa shape index (κ1) is 19.5. The molecule has 0 aliphatic carbocycles. The Labute approximate surface area is 159 Å². The fourth-order valence-corrected chi connectivity index (χ4v) is 3.73. The molecule has 2 aromatic rings. The zero-order valence-electron chi connectivity index (χ0n) is 15.0. The van der Waals surface area contributed by atoms with Crippen molar-refractivity contribution in [3.8, 4) is 0 Å². The van der Waals surface area contributed by atoms with Crippen LogP contribution < -0.4 is 10.5 Å². The summed E-state index contributed by atoms with van der Waals surface area (Å²) in [4.78, 5) is 14.4. The number of sulfonamides is 1. The fourth-order valence-electron chi connectivity index (χ4n) is 3.17. The number of amides is 1. The lowest BCUT2D eigenvalue weighted by molar-refractivity contribution is -0.122. The van der Waals surface area contributed by atoms with Crippen LogP contribution in [0.15, 0.2) is 59.5 Å². The summed E-state index contributed by atoms with van der Waals surface area (Å²) in [5.74, 6) is -0.220.